The molecule has 0 bridgehead atoms. The molecule has 1 rings (SSSR count). The molecular formula is C11H22ClNO2S. The van der Waals surface area contributed by atoms with Gasteiger partial charge in [0.15, 0.2) is 0 Å². The van der Waals surface area contributed by atoms with Crippen LogP contribution in [-0.4, -0.2) is 37.9 Å². The Kier molecular flexibility index (Phi) is 6.08. The van der Waals surface area contributed by atoms with Gasteiger partial charge in [0, 0.05) is 19.5 Å². The van der Waals surface area contributed by atoms with Crippen molar-refractivity contribution in [1.29, 1.82) is 0 Å². The Hall–Kier alpha value is 0.200. The zero-order valence-electron chi connectivity index (χ0n) is 9.99. The van der Waals surface area contributed by atoms with Crippen molar-refractivity contribution in [2.45, 2.75) is 38.5 Å². The van der Waals surface area contributed by atoms with Gasteiger partial charge in [-0.15, -0.1) is 11.6 Å². The third-order valence-electron chi connectivity index (χ3n) is 3.25. The summed E-state index contributed by atoms with van der Waals surface area (Å²) in [4.78, 5) is 0. The standard InChI is InChI=1S/C11H22ClNO2S/c1-13(10-11-6-2-3-7-11)16(14,15)9-5-4-8-12/h11H,2-10H2,1H3. The smallest absolute Gasteiger partial charge is 0.212 e. The molecule has 1 aliphatic carbocycles. The lowest BCUT2D eigenvalue weighted by molar-refractivity contribution is 0.387. The van der Waals surface area contributed by atoms with Crippen LogP contribution in [0.3, 0.4) is 0 Å². The number of unbranched alkanes of at least 4 members (excludes halogenated alkanes) is 1. The fraction of sp³-hybridized carbons (Fsp3) is 1.00. The topological polar surface area (TPSA) is 37.4 Å². The van der Waals surface area contributed by atoms with E-state index < -0.39 is 10.0 Å². The molecule has 16 heavy (non-hydrogen) atoms. The Labute approximate surface area is 104 Å². The highest BCUT2D eigenvalue weighted by Gasteiger charge is 2.23. The summed E-state index contributed by atoms with van der Waals surface area (Å²) < 4.78 is 25.3. The minimum Gasteiger partial charge on any atom is -0.212 e. The summed E-state index contributed by atoms with van der Waals surface area (Å²) in [6.07, 6.45) is 6.32. The molecule has 3 nitrogen and oxygen atoms in total. The number of hydrogen-bond donors (Lipinski definition) is 0. The van der Waals surface area contributed by atoms with Crippen LogP contribution < -0.4 is 0 Å². The minimum absolute atomic E-state index is 0.239. The SMILES string of the molecule is CN(CC1CCCC1)S(=O)(=O)CCCCCl. The Morgan fingerprint density at radius 2 is 1.88 bits per heavy atom. The first-order valence-corrected chi connectivity index (χ1v) is 8.20. The molecule has 0 heterocycles. The highest BCUT2D eigenvalue weighted by atomic mass is 35.5. The van der Waals surface area contributed by atoms with Crippen molar-refractivity contribution < 1.29 is 8.42 Å². The van der Waals surface area contributed by atoms with Gasteiger partial charge in [0.25, 0.3) is 0 Å². The fourth-order valence-electron chi connectivity index (χ4n) is 2.20. The second kappa shape index (κ2) is 6.82. The summed E-state index contributed by atoms with van der Waals surface area (Å²) in [5, 5.41) is 0. The monoisotopic (exact) mass is 267 g/mol. The maximum absolute atomic E-state index is 11.9. The van der Waals surface area contributed by atoms with Crippen LogP contribution in [-0.2, 0) is 10.0 Å². The maximum atomic E-state index is 11.9. The molecule has 0 aromatic carbocycles. The lowest BCUT2D eigenvalue weighted by Gasteiger charge is -2.20. The fourth-order valence-corrected chi connectivity index (χ4v) is 3.71. The van der Waals surface area contributed by atoms with Gasteiger partial charge in [0.1, 0.15) is 0 Å². The molecule has 0 radical (unpaired) electrons. The molecule has 0 aromatic rings. The highest BCUT2D eigenvalue weighted by molar-refractivity contribution is 7.89. The van der Waals surface area contributed by atoms with E-state index in [1.165, 1.54) is 30.0 Å². The van der Waals surface area contributed by atoms with E-state index in [0.29, 0.717) is 24.8 Å². The van der Waals surface area contributed by atoms with Crippen molar-refractivity contribution in [3.8, 4) is 0 Å². The van der Waals surface area contributed by atoms with E-state index in [1.54, 1.807) is 7.05 Å². The summed E-state index contributed by atoms with van der Waals surface area (Å²) >= 11 is 5.54. The number of nitrogens with zero attached hydrogens (tertiary/aromatic N) is 1. The van der Waals surface area contributed by atoms with Crippen molar-refractivity contribution in [3.63, 3.8) is 0 Å². The zero-order valence-corrected chi connectivity index (χ0v) is 11.6. The van der Waals surface area contributed by atoms with Crippen LogP contribution >= 0.6 is 11.6 Å². The normalized spacial score (nSPS) is 18.4. The van der Waals surface area contributed by atoms with Gasteiger partial charge in [0.2, 0.25) is 10.0 Å². The number of halogens is 1. The molecule has 5 heteroatoms. The average Bonchev–Trinajstić information content (AvgIpc) is 2.70. The Morgan fingerprint density at radius 1 is 1.25 bits per heavy atom. The van der Waals surface area contributed by atoms with Gasteiger partial charge >= 0.3 is 0 Å². The summed E-state index contributed by atoms with van der Waals surface area (Å²) in [7, 11) is -1.34. The molecule has 0 spiro atoms. The van der Waals surface area contributed by atoms with Crippen LogP contribution in [0.5, 0.6) is 0 Å². The van der Waals surface area contributed by atoms with Crippen molar-refractivity contribution in [3.05, 3.63) is 0 Å². The molecule has 96 valence electrons. The molecule has 0 aromatic heterocycles. The predicted molar refractivity (Wildman–Crippen MR) is 68.3 cm³/mol. The molecule has 0 unspecified atom stereocenters. The first-order chi connectivity index (χ1) is 7.56. The number of rotatable bonds is 7. The average molecular weight is 268 g/mol. The maximum Gasteiger partial charge on any atom is 0.213 e. The van der Waals surface area contributed by atoms with E-state index in [4.69, 9.17) is 11.6 Å². The van der Waals surface area contributed by atoms with E-state index in [-0.39, 0.29) is 5.75 Å². The highest BCUT2D eigenvalue weighted by Crippen LogP contribution is 2.25. The lowest BCUT2D eigenvalue weighted by atomic mass is 10.1. The summed E-state index contributed by atoms with van der Waals surface area (Å²) in [6, 6.07) is 0. The van der Waals surface area contributed by atoms with Crippen molar-refractivity contribution in [2.75, 3.05) is 25.2 Å². The molecule has 0 saturated heterocycles. The molecule has 1 aliphatic rings. The van der Waals surface area contributed by atoms with Crippen LogP contribution in [0.25, 0.3) is 0 Å². The first-order valence-electron chi connectivity index (χ1n) is 6.06. The largest absolute Gasteiger partial charge is 0.213 e. The van der Waals surface area contributed by atoms with Gasteiger partial charge in [0.05, 0.1) is 5.75 Å². The third-order valence-corrected chi connectivity index (χ3v) is 5.42. The van der Waals surface area contributed by atoms with Crippen molar-refractivity contribution in [1.82, 2.24) is 4.31 Å². The minimum atomic E-state index is -3.05. The van der Waals surface area contributed by atoms with Gasteiger partial charge in [-0.2, -0.15) is 0 Å². The molecule has 0 N–H and O–H groups in total. The molecule has 0 amide bonds. The summed E-state index contributed by atoms with van der Waals surface area (Å²) in [5.41, 5.74) is 0. The number of alkyl halides is 1. The van der Waals surface area contributed by atoms with E-state index in [9.17, 15) is 8.42 Å². The van der Waals surface area contributed by atoms with Gasteiger partial charge in [-0.25, -0.2) is 12.7 Å². The van der Waals surface area contributed by atoms with E-state index in [0.717, 1.165) is 6.42 Å². The third kappa shape index (κ3) is 4.60. The Balaban J connectivity index is 2.35. The second-order valence-electron chi connectivity index (χ2n) is 4.64. The molecular weight excluding hydrogens is 246 g/mol. The van der Waals surface area contributed by atoms with Gasteiger partial charge < -0.3 is 0 Å². The van der Waals surface area contributed by atoms with Crippen LogP contribution in [0.15, 0.2) is 0 Å². The Bertz CT molecular complexity index is 286. The van der Waals surface area contributed by atoms with Gasteiger partial charge in [-0.3, -0.25) is 0 Å². The quantitative estimate of drug-likeness (QED) is 0.525. The predicted octanol–water partition coefficient (Wildman–Crippen LogP) is 2.46. The van der Waals surface area contributed by atoms with E-state index in [1.807, 2.05) is 0 Å². The van der Waals surface area contributed by atoms with Gasteiger partial charge in [-0.1, -0.05) is 12.8 Å². The van der Waals surface area contributed by atoms with Crippen molar-refractivity contribution >= 4 is 21.6 Å². The molecule has 1 fully saturated rings. The lowest BCUT2D eigenvalue weighted by Crippen LogP contribution is -2.33. The summed E-state index contributed by atoms with van der Waals surface area (Å²) in [5.74, 6) is 1.36. The van der Waals surface area contributed by atoms with Crippen LogP contribution in [0.4, 0.5) is 0 Å². The van der Waals surface area contributed by atoms with Crippen LogP contribution in [0, 0.1) is 5.92 Å². The number of hydrogen-bond acceptors (Lipinski definition) is 2. The molecule has 0 atom stereocenters. The Morgan fingerprint density at radius 3 is 2.44 bits per heavy atom. The van der Waals surface area contributed by atoms with Crippen LogP contribution in [0.2, 0.25) is 0 Å². The van der Waals surface area contributed by atoms with Crippen molar-refractivity contribution in [2.24, 2.45) is 5.92 Å². The zero-order chi connectivity index (χ0) is 12.0. The van der Waals surface area contributed by atoms with Crippen LogP contribution in [0.1, 0.15) is 38.5 Å². The van der Waals surface area contributed by atoms with E-state index in [2.05, 4.69) is 0 Å². The molecule has 0 aliphatic heterocycles. The number of sulfonamides is 1. The van der Waals surface area contributed by atoms with E-state index >= 15 is 0 Å². The molecule has 1 saturated carbocycles. The first kappa shape index (κ1) is 14.3. The van der Waals surface area contributed by atoms with Gasteiger partial charge in [-0.05, 0) is 31.6 Å². The summed E-state index contributed by atoms with van der Waals surface area (Å²) in [6.45, 7) is 0.698. The second-order valence-corrected chi connectivity index (χ2v) is 7.22.